The average molecular weight is 481 g/mol. The van der Waals surface area contributed by atoms with Crippen LogP contribution >= 0.6 is 11.3 Å². The number of amides is 4. The van der Waals surface area contributed by atoms with E-state index < -0.39 is 11.9 Å². The molecular weight excluding hydrogens is 456 g/mol. The van der Waals surface area contributed by atoms with Gasteiger partial charge in [0.25, 0.3) is 11.8 Å². The highest BCUT2D eigenvalue weighted by Crippen LogP contribution is 2.44. The van der Waals surface area contributed by atoms with Crippen LogP contribution in [0.4, 0.5) is 9.80 Å². The van der Waals surface area contributed by atoms with Crippen LogP contribution < -0.4 is 16.8 Å². The Hall–Kier alpha value is -3.77. The Bertz CT molecular complexity index is 1290. The molecule has 4 amide bonds. The van der Waals surface area contributed by atoms with Gasteiger partial charge in [-0.2, -0.15) is 5.10 Å². The van der Waals surface area contributed by atoms with Gasteiger partial charge in [-0.25, -0.2) is 14.5 Å². The highest BCUT2D eigenvalue weighted by molar-refractivity contribution is 7.20. The number of rotatable bonds is 4. The van der Waals surface area contributed by atoms with E-state index in [1.54, 1.807) is 23.0 Å². The minimum absolute atomic E-state index is 0.0244. The van der Waals surface area contributed by atoms with Gasteiger partial charge in [-0.1, -0.05) is 0 Å². The molecule has 0 atom stereocenters. The summed E-state index contributed by atoms with van der Waals surface area (Å²) in [6.45, 7) is 3.11. The van der Waals surface area contributed by atoms with Crippen LogP contribution in [-0.2, 0) is 12.8 Å². The lowest BCUT2D eigenvalue weighted by Crippen LogP contribution is -2.47. The Labute approximate surface area is 199 Å². The molecule has 11 nitrogen and oxygen atoms in total. The molecule has 3 aromatic heterocycles. The van der Waals surface area contributed by atoms with Crippen LogP contribution in [0.1, 0.15) is 32.0 Å². The average Bonchev–Trinajstić information content (AvgIpc) is 3.40. The second kappa shape index (κ2) is 8.54. The molecule has 0 bridgehead atoms. The summed E-state index contributed by atoms with van der Waals surface area (Å²) < 4.78 is 1.66. The standard InChI is InChI=1S/C22H24N8O3S/c1-28-6-8-29(9-7-28)21(32)12-2-5-16(25-10-12)30-11-14-15(27-30)4-3-13-17(19(23)31)20(26-22(24)33)34-18(13)14/h2,5,10-11H,3-4,6-9H2,1H3,(H2,23,31)(H3,24,26,33). The third-order valence-electron chi connectivity index (χ3n) is 6.16. The van der Waals surface area contributed by atoms with Gasteiger partial charge in [-0.05, 0) is 37.6 Å². The van der Waals surface area contributed by atoms with Crippen molar-refractivity contribution in [2.75, 3.05) is 38.5 Å². The zero-order valence-electron chi connectivity index (χ0n) is 18.6. The van der Waals surface area contributed by atoms with Gasteiger partial charge in [-0.15, -0.1) is 11.3 Å². The molecule has 0 spiro atoms. The Balaban J connectivity index is 1.42. The Kier molecular flexibility index (Phi) is 5.54. The normalized spacial score (nSPS) is 15.5. The topological polar surface area (TPSA) is 152 Å². The van der Waals surface area contributed by atoms with Crippen molar-refractivity contribution in [2.45, 2.75) is 12.8 Å². The van der Waals surface area contributed by atoms with Crippen molar-refractivity contribution in [3.63, 3.8) is 0 Å². The highest BCUT2D eigenvalue weighted by Gasteiger charge is 2.30. The van der Waals surface area contributed by atoms with Crippen molar-refractivity contribution in [2.24, 2.45) is 11.5 Å². The van der Waals surface area contributed by atoms with E-state index in [1.807, 2.05) is 18.1 Å². The Morgan fingerprint density at radius 3 is 2.50 bits per heavy atom. The number of thiophene rings is 1. The van der Waals surface area contributed by atoms with E-state index in [9.17, 15) is 14.4 Å². The van der Waals surface area contributed by atoms with Crippen molar-refractivity contribution in [3.8, 4) is 16.3 Å². The van der Waals surface area contributed by atoms with Crippen molar-refractivity contribution in [1.29, 1.82) is 0 Å². The third-order valence-corrected chi connectivity index (χ3v) is 7.34. The molecule has 0 saturated carbocycles. The number of nitrogens with zero attached hydrogens (tertiary/aromatic N) is 5. The van der Waals surface area contributed by atoms with Gasteiger partial charge < -0.3 is 21.3 Å². The number of primary amides is 2. The maximum absolute atomic E-state index is 12.8. The highest BCUT2D eigenvalue weighted by atomic mass is 32.1. The zero-order valence-corrected chi connectivity index (χ0v) is 19.4. The maximum Gasteiger partial charge on any atom is 0.317 e. The molecule has 3 aromatic rings. The number of nitrogens with one attached hydrogen (secondary N) is 1. The summed E-state index contributed by atoms with van der Waals surface area (Å²) in [4.78, 5) is 45.6. The summed E-state index contributed by atoms with van der Waals surface area (Å²) in [5, 5.41) is 7.52. The summed E-state index contributed by atoms with van der Waals surface area (Å²) in [5.41, 5.74) is 14.2. The molecule has 2 aliphatic rings. The quantitative estimate of drug-likeness (QED) is 0.508. The van der Waals surface area contributed by atoms with Gasteiger partial charge in [0, 0.05) is 49.0 Å². The zero-order chi connectivity index (χ0) is 24.0. The summed E-state index contributed by atoms with van der Waals surface area (Å²) in [7, 11) is 2.05. The minimum atomic E-state index is -0.757. The van der Waals surface area contributed by atoms with E-state index in [1.165, 1.54) is 11.3 Å². The fraction of sp³-hybridized carbons (Fsp3) is 0.318. The number of likely N-dealkylation sites (N-methyl/N-ethyl adjacent to an activating group) is 1. The minimum Gasteiger partial charge on any atom is -0.365 e. The number of pyridine rings is 1. The summed E-state index contributed by atoms with van der Waals surface area (Å²) in [6.07, 6.45) is 4.60. The van der Waals surface area contributed by atoms with Gasteiger partial charge in [0.05, 0.1) is 16.8 Å². The molecule has 0 aromatic carbocycles. The molecular formula is C22H24N8O3S. The van der Waals surface area contributed by atoms with Gasteiger partial charge in [0.15, 0.2) is 5.82 Å². The van der Waals surface area contributed by atoms with Crippen LogP contribution in [0.5, 0.6) is 0 Å². The summed E-state index contributed by atoms with van der Waals surface area (Å²) in [5.74, 6) is -0.0593. The molecule has 34 heavy (non-hydrogen) atoms. The molecule has 1 saturated heterocycles. The smallest absolute Gasteiger partial charge is 0.317 e. The first-order valence-corrected chi connectivity index (χ1v) is 11.7. The number of carbonyl (C=O) groups is 3. The number of urea groups is 1. The molecule has 4 heterocycles. The number of carbonyl (C=O) groups excluding carboxylic acids is 3. The lowest BCUT2D eigenvalue weighted by molar-refractivity contribution is 0.0663. The number of aromatic nitrogens is 3. The molecule has 176 valence electrons. The first-order chi connectivity index (χ1) is 16.3. The predicted molar refractivity (Wildman–Crippen MR) is 127 cm³/mol. The third kappa shape index (κ3) is 3.90. The maximum atomic E-state index is 12.8. The largest absolute Gasteiger partial charge is 0.365 e. The van der Waals surface area contributed by atoms with E-state index in [0.29, 0.717) is 47.9 Å². The molecule has 1 fully saturated rings. The molecule has 5 rings (SSSR count). The first kappa shape index (κ1) is 22.0. The van der Waals surface area contributed by atoms with Crippen LogP contribution in [0.25, 0.3) is 16.3 Å². The van der Waals surface area contributed by atoms with Crippen LogP contribution in [0.3, 0.4) is 0 Å². The van der Waals surface area contributed by atoms with Gasteiger partial charge in [0.2, 0.25) is 0 Å². The van der Waals surface area contributed by atoms with E-state index in [2.05, 4.69) is 20.3 Å². The number of anilines is 1. The Morgan fingerprint density at radius 2 is 1.85 bits per heavy atom. The molecule has 12 heteroatoms. The Morgan fingerprint density at radius 1 is 1.09 bits per heavy atom. The lowest BCUT2D eigenvalue weighted by Gasteiger charge is -2.32. The van der Waals surface area contributed by atoms with Crippen LogP contribution in [0, 0.1) is 0 Å². The van der Waals surface area contributed by atoms with Gasteiger partial charge >= 0.3 is 6.03 Å². The second-order valence-electron chi connectivity index (χ2n) is 8.40. The van der Waals surface area contributed by atoms with Crippen LogP contribution in [0.2, 0.25) is 0 Å². The van der Waals surface area contributed by atoms with E-state index in [-0.39, 0.29) is 5.91 Å². The molecule has 5 N–H and O–H groups in total. The number of fused-ring (bicyclic) bond motifs is 3. The van der Waals surface area contributed by atoms with E-state index >= 15 is 0 Å². The number of nitrogens with two attached hydrogens (primary N) is 2. The number of piperazine rings is 1. The fourth-order valence-electron chi connectivity index (χ4n) is 4.37. The van der Waals surface area contributed by atoms with Crippen molar-refractivity contribution in [3.05, 3.63) is 46.9 Å². The SMILES string of the molecule is CN1CCN(C(=O)c2ccc(-n3cc4c(n3)CCc3c-4sc(NC(N)=O)c3C(N)=O)nc2)CC1. The van der Waals surface area contributed by atoms with E-state index in [4.69, 9.17) is 11.5 Å². The first-order valence-electron chi connectivity index (χ1n) is 10.9. The monoisotopic (exact) mass is 480 g/mol. The van der Waals surface area contributed by atoms with Crippen LogP contribution in [-0.4, -0.2) is 75.6 Å². The van der Waals surface area contributed by atoms with Crippen molar-refractivity contribution in [1.82, 2.24) is 24.6 Å². The van der Waals surface area contributed by atoms with Crippen molar-refractivity contribution >= 4 is 34.2 Å². The molecule has 0 unspecified atom stereocenters. The number of hydrogen-bond acceptors (Lipinski definition) is 7. The van der Waals surface area contributed by atoms with Gasteiger partial charge in [-0.3, -0.25) is 14.9 Å². The summed E-state index contributed by atoms with van der Waals surface area (Å²) in [6, 6.07) is 2.78. The molecule has 1 aliphatic heterocycles. The predicted octanol–water partition coefficient (Wildman–Crippen LogP) is 1.07. The number of hydrogen-bond donors (Lipinski definition) is 3. The summed E-state index contributed by atoms with van der Waals surface area (Å²) >= 11 is 1.25. The van der Waals surface area contributed by atoms with Crippen molar-refractivity contribution < 1.29 is 14.4 Å². The fourth-order valence-corrected chi connectivity index (χ4v) is 5.66. The van der Waals surface area contributed by atoms with Gasteiger partial charge in [0.1, 0.15) is 5.00 Å². The van der Waals surface area contributed by atoms with Crippen LogP contribution in [0.15, 0.2) is 24.5 Å². The lowest BCUT2D eigenvalue weighted by atomic mass is 9.94. The molecule has 0 radical (unpaired) electrons. The number of aryl methyl sites for hydroxylation is 1. The van der Waals surface area contributed by atoms with E-state index in [0.717, 1.165) is 34.8 Å². The molecule has 1 aliphatic carbocycles. The second-order valence-corrected chi connectivity index (χ2v) is 9.42.